The summed E-state index contributed by atoms with van der Waals surface area (Å²) in [7, 11) is 0. The lowest BCUT2D eigenvalue weighted by atomic mass is 9.89. The van der Waals surface area contributed by atoms with Crippen molar-refractivity contribution >= 4 is 0 Å². The van der Waals surface area contributed by atoms with E-state index in [2.05, 4.69) is 21.5 Å². The number of hydrogen-bond donors (Lipinski definition) is 0. The van der Waals surface area contributed by atoms with Gasteiger partial charge in [-0.15, -0.1) is 0 Å². The molecule has 0 amide bonds. The highest BCUT2D eigenvalue weighted by atomic mass is 19.3. The van der Waals surface area contributed by atoms with Crippen molar-refractivity contribution in [3.05, 3.63) is 29.8 Å². The predicted molar refractivity (Wildman–Crippen MR) is 92.9 cm³/mol. The summed E-state index contributed by atoms with van der Waals surface area (Å²) in [6.07, 6.45) is 2.37. The molecule has 0 N–H and O–H groups in total. The number of nitrogens with zero attached hydrogens (tertiary/aromatic N) is 2. The van der Waals surface area contributed by atoms with Crippen molar-refractivity contribution in [1.29, 1.82) is 0 Å². The number of benzene rings is 1. The van der Waals surface area contributed by atoms with Gasteiger partial charge in [0.05, 0.1) is 13.2 Å². The van der Waals surface area contributed by atoms with Crippen LogP contribution in [0.3, 0.4) is 0 Å². The van der Waals surface area contributed by atoms with Gasteiger partial charge < -0.3 is 9.47 Å². The van der Waals surface area contributed by atoms with E-state index in [0.717, 1.165) is 57.4 Å². The molecule has 2 fully saturated rings. The van der Waals surface area contributed by atoms with Gasteiger partial charge in [-0.1, -0.05) is 12.1 Å². The lowest BCUT2D eigenvalue weighted by Crippen LogP contribution is -2.48. The van der Waals surface area contributed by atoms with Crippen LogP contribution < -0.4 is 4.74 Å². The van der Waals surface area contributed by atoms with Crippen molar-refractivity contribution in [3.8, 4) is 5.75 Å². The van der Waals surface area contributed by atoms with Gasteiger partial charge in [0.1, 0.15) is 5.75 Å². The Morgan fingerprint density at radius 2 is 1.88 bits per heavy atom. The fraction of sp³-hybridized carbons (Fsp3) is 0.684. The van der Waals surface area contributed by atoms with E-state index in [1.54, 1.807) is 18.2 Å². The molecule has 6 heteroatoms. The third-order valence-corrected chi connectivity index (χ3v) is 5.47. The van der Waals surface area contributed by atoms with Crippen molar-refractivity contribution in [2.75, 3.05) is 39.4 Å². The van der Waals surface area contributed by atoms with E-state index in [1.807, 2.05) is 6.07 Å². The lowest BCUT2D eigenvalue weighted by Gasteiger charge is -2.41. The van der Waals surface area contributed by atoms with Crippen LogP contribution in [-0.4, -0.2) is 61.8 Å². The molecule has 140 valence electrons. The SMILES string of the molecule is C[C@H](C1CCN(Cc2cccc(OC(F)F)c2)CC1)N1CCOCC1. The quantitative estimate of drug-likeness (QED) is 0.783. The zero-order valence-electron chi connectivity index (χ0n) is 14.9. The molecule has 2 aliphatic rings. The Labute approximate surface area is 148 Å². The van der Waals surface area contributed by atoms with Crippen LogP contribution in [-0.2, 0) is 11.3 Å². The van der Waals surface area contributed by atoms with Crippen LogP contribution in [0.1, 0.15) is 25.3 Å². The molecular formula is C19H28F2N2O2. The predicted octanol–water partition coefficient (Wildman–Crippen LogP) is 3.22. The summed E-state index contributed by atoms with van der Waals surface area (Å²) in [4.78, 5) is 4.96. The van der Waals surface area contributed by atoms with Crippen molar-refractivity contribution in [1.82, 2.24) is 9.80 Å². The van der Waals surface area contributed by atoms with Crippen molar-refractivity contribution < 1.29 is 18.3 Å². The molecule has 0 aliphatic carbocycles. The minimum atomic E-state index is -2.77. The van der Waals surface area contributed by atoms with E-state index < -0.39 is 6.61 Å². The van der Waals surface area contributed by atoms with Gasteiger partial charge in [0, 0.05) is 25.7 Å². The first-order chi connectivity index (χ1) is 12.1. The summed E-state index contributed by atoms with van der Waals surface area (Å²) in [6.45, 7) is 6.25. The van der Waals surface area contributed by atoms with Crippen molar-refractivity contribution in [2.45, 2.75) is 39.0 Å². The molecule has 0 radical (unpaired) electrons. The number of ether oxygens (including phenoxy) is 2. The number of halogens is 2. The molecule has 2 aliphatic heterocycles. The molecule has 1 aromatic carbocycles. The van der Waals surface area contributed by atoms with E-state index in [9.17, 15) is 8.78 Å². The average molecular weight is 354 g/mol. The first-order valence-electron chi connectivity index (χ1n) is 9.20. The molecule has 25 heavy (non-hydrogen) atoms. The van der Waals surface area contributed by atoms with Crippen LogP contribution in [0, 0.1) is 5.92 Å². The number of piperidine rings is 1. The Kier molecular flexibility index (Phi) is 6.62. The zero-order chi connectivity index (χ0) is 17.6. The second-order valence-corrected chi connectivity index (χ2v) is 7.03. The summed E-state index contributed by atoms with van der Waals surface area (Å²) in [5, 5.41) is 0. The van der Waals surface area contributed by atoms with Gasteiger partial charge in [-0.25, -0.2) is 0 Å². The zero-order valence-corrected chi connectivity index (χ0v) is 14.9. The number of hydrogen-bond acceptors (Lipinski definition) is 4. The monoisotopic (exact) mass is 354 g/mol. The molecule has 1 aromatic rings. The molecule has 3 rings (SSSR count). The van der Waals surface area contributed by atoms with E-state index in [-0.39, 0.29) is 5.75 Å². The molecule has 0 saturated carbocycles. The fourth-order valence-electron chi connectivity index (χ4n) is 3.95. The Morgan fingerprint density at radius 3 is 2.56 bits per heavy atom. The van der Waals surface area contributed by atoms with Gasteiger partial charge in [-0.05, 0) is 56.5 Å². The van der Waals surface area contributed by atoms with Crippen LogP contribution in [0.15, 0.2) is 24.3 Å². The number of morpholine rings is 1. The maximum absolute atomic E-state index is 12.3. The Bertz CT molecular complexity index is 530. The van der Waals surface area contributed by atoms with Gasteiger partial charge in [0.25, 0.3) is 0 Å². The average Bonchev–Trinajstić information content (AvgIpc) is 2.62. The van der Waals surface area contributed by atoms with E-state index in [1.165, 1.54) is 12.8 Å². The van der Waals surface area contributed by atoms with Gasteiger partial charge in [-0.2, -0.15) is 8.78 Å². The maximum atomic E-state index is 12.3. The molecular weight excluding hydrogens is 326 g/mol. The summed E-state index contributed by atoms with van der Waals surface area (Å²) >= 11 is 0. The Hall–Kier alpha value is -1.24. The van der Waals surface area contributed by atoms with Crippen LogP contribution >= 0.6 is 0 Å². The first kappa shape index (κ1) is 18.5. The van der Waals surface area contributed by atoms with E-state index in [0.29, 0.717) is 6.04 Å². The molecule has 2 saturated heterocycles. The highest BCUT2D eigenvalue weighted by Crippen LogP contribution is 2.26. The topological polar surface area (TPSA) is 24.9 Å². The van der Waals surface area contributed by atoms with Crippen LogP contribution in [0.25, 0.3) is 0 Å². The van der Waals surface area contributed by atoms with E-state index >= 15 is 0 Å². The molecule has 1 atom stereocenters. The lowest BCUT2D eigenvalue weighted by molar-refractivity contribution is -0.0499. The summed E-state index contributed by atoms with van der Waals surface area (Å²) in [6, 6.07) is 7.65. The van der Waals surface area contributed by atoms with Gasteiger partial charge in [-0.3, -0.25) is 9.80 Å². The molecule has 0 unspecified atom stereocenters. The number of likely N-dealkylation sites (tertiary alicyclic amines) is 1. The third-order valence-electron chi connectivity index (χ3n) is 5.47. The highest BCUT2D eigenvalue weighted by Gasteiger charge is 2.28. The second kappa shape index (κ2) is 8.92. The first-order valence-corrected chi connectivity index (χ1v) is 9.20. The highest BCUT2D eigenvalue weighted by molar-refractivity contribution is 5.28. The normalized spacial score (nSPS) is 22.2. The third kappa shape index (κ3) is 5.36. The summed E-state index contributed by atoms with van der Waals surface area (Å²) in [5.41, 5.74) is 1.03. The standard InChI is InChI=1S/C19H28F2N2O2/c1-15(23-9-11-24-12-10-23)17-5-7-22(8-6-17)14-16-3-2-4-18(13-16)25-19(20)21/h2-4,13,15,17,19H,5-12,14H2,1H3/t15-/m1/s1. The number of alkyl halides is 2. The maximum Gasteiger partial charge on any atom is 0.387 e. The Morgan fingerprint density at radius 1 is 1.16 bits per heavy atom. The molecule has 0 bridgehead atoms. The minimum absolute atomic E-state index is 0.239. The van der Waals surface area contributed by atoms with Crippen LogP contribution in [0.5, 0.6) is 5.75 Å². The Balaban J connectivity index is 1.47. The smallest absolute Gasteiger partial charge is 0.387 e. The second-order valence-electron chi connectivity index (χ2n) is 7.03. The summed E-state index contributed by atoms with van der Waals surface area (Å²) < 4.78 is 34.6. The molecule has 0 spiro atoms. The van der Waals surface area contributed by atoms with Gasteiger partial charge >= 0.3 is 6.61 Å². The fourth-order valence-corrected chi connectivity index (χ4v) is 3.95. The molecule has 2 heterocycles. The van der Waals surface area contributed by atoms with Crippen LogP contribution in [0.2, 0.25) is 0 Å². The number of rotatable bonds is 6. The largest absolute Gasteiger partial charge is 0.435 e. The molecule has 0 aromatic heterocycles. The minimum Gasteiger partial charge on any atom is -0.435 e. The molecule has 4 nitrogen and oxygen atoms in total. The van der Waals surface area contributed by atoms with Gasteiger partial charge in [0.2, 0.25) is 0 Å². The van der Waals surface area contributed by atoms with Gasteiger partial charge in [0.15, 0.2) is 0 Å². The van der Waals surface area contributed by atoms with Crippen molar-refractivity contribution in [2.24, 2.45) is 5.92 Å². The van der Waals surface area contributed by atoms with E-state index in [4.69, 9.17) is 4.74 Å². The summed E-state index contributed by atoms with van der Waals surface area (Å²) in [5.74, 6) is 0.964. The van der Waals surface area contributed by atoms with Crippen molar-refractivity contribution in [3.63, 3.8) is 0 Å². The van der Waals surface area contributed by atoms with Crippen LogP contribution in [0.4, 0.5) is 8.78 Å².